The summed E-state index contributed by atoms with van der Waals surface area (Å²) in [5, 5.41) is 10.4. The molecule has 0 aliphatic carbocycles. The minimum atomic E-state index is -1.24. The average Bonchev–Trinajstić information content (AvgIpc) is 2.64. The van der Waals surface area contributed by atoms with Gasteiger partial charge in [-0.1, -0.05) is 6.07 Å². The zero-order chi connectivity index (χ0) is 18.2. The first kappa shape index (κ1) is 18.6. The molecule has 2 rings (SSSR count). The topological polar surface area (TPSA) is 99.2 Å². The highest BCUT2D eigenvalue weighted by Crippen LogP contribution is 2.18. The van der Waals surface area contributed by atoms with Crippen molar-refractivity contribution in [3.8, 4) is 11.5 Å². The van der Waals surface area contributed by atoms with E-state index in [-0.39, 0.29) is 31.3 Å². The van der Waals surface area contributed by atoms with Gasteiger partial charge in [-0.2, -0.15) is 0 Å². The standard InChI is InChI=1S/C17H22N2O6/c1-24-13-3-2-4-14(11-13)25-12-16(21)19-9-7-18(8-10-19)15(20)5-6-17(22)23/h2-4,11H,5-10,12H2,1H3,(H,22,23)/p-1. The van der Waals surface area contributed by atoms with Crippen LogP contribution in [-0.4, -0.2) is 67.5 Å². The Morgan fingerprint density at radius 3 is 2.20 bits per heavy atom. The summed E-state index contributed by atoms with van der Waals surface area (Å²) in [5.74, 6) is -0.442. The van der Waals surface area contributed by atoms with Crippen LogP contribution in [0, 0.1) is 0 Å². The summed E-state index contributed by atoms with van der Waals surface area (Å²) in [7, 11) is 1.55. The van der Waals surface area contributed by atoms with Crippen LogP contribution in [0.2, 0.25) is 0 Å². The van der Waals surface area contributed by atoms with E-state index in [9.17, 15) is 19.5 Å². The smallest absolute Gasteiger partial charge is 0.260 e. The minimum Gasteiger partial charge on any atom is -0.550 e. The molecule has 1 aliphatic heterocycles. The minimum absolute atomic E-state index is 0.0742. The molecule has 1 aliphatic rings. The van der Waals surface area contributed by atoms with E-state index in [1.54, 1.807) is 41.2 Å². The Morgan fingerprint density at radius 2 is 1.60 bits per heavy atom. The molecule has 25 heavy (non-hydrogen) atoms. The molecule has 136 valence electrons. The van der Waals surface area contributed by atoms with Crippen LogP contribution in [0.15, 0.2) is 24.3 Å². The molecule has 0 saturated carbocycles. The average molecular weight is 349 g/mol. The predicted molar refractivity (Wildman–Crippen MR) is 85.9 cm³/mol. The number of carbonyl (C=O) groups is 3. The molecule has 0 aromatic heterocycles. The maximum atomic E-state index is 12.2. The van der Waals surface area contributed by atoms with Gasteiger partial charge in [0.05, 0.1) is 7.11 Å². The zero-order valence-electron chi connectivity index (χ0n) is 14.1. The lowest BCUT2D eigenvalue weighted by atomic mass is 10.2. The highest BCUT2D eigenvalue weighted by molar-refractivity contribution is 5.81. The number of aliphatic carboxylic acids is 1. The molecule has 0 N–H and O–H groups in total. The third kappa shape index (κ3) is 5.66. The number of rotatable bonds is 7. The molecule has 0 spiro atoms. The van der Waals surface area contributed by atoms with E-state index in [0.29, 0.717) is 37.7 Å². The van der Waals surface area contributed by atoms with E-state index in [4.69, 9.17) is 9.47 Å². The Balaban J connectivity index is 1.75. The molecule has 1 saturated heterocycles. The number of carboxylic acids is 1. The van der Waals surface area contributed by atoms with Gasteiger partial charge in [0.1, 0.15) is 11.5 Å². The summed E-state index contributed by atoms with van der Waals surface area (Å²) >= 11 is 0. The van der Waals surface area contributed by atoms with Crippen molar-refractivity contribution in [3.05, 3.63) is 24.3 Å². The van der Waals surface area contributed by atoms with Crippen LogP contribution in [-0.2, 0) is 14.4 Å². The third-order valence-corrected chi connectivity index (χ3v) is 3.93. The molecular formula is C17H21N2O6-. The third-order valence-electron chi connectivity index (χ3n) is 3.93. The van der Waals surface area contributed by atoms with Gasteiger partial charge in [-0.3, -0.25) is 9.59 Å². The van der Waals surface area contributed by atoms with Crippen molar-refractivity contribution in [2.45, 2.75) is 12.8 Å². The molecule has 1 aromatic rings. The van der Waals surface area contributed by atoms with Gasteiger partial charge in [0.25, 0.3) is 5.91 Å². The molecule has 1 fully saturated rings. The van der Waals surface area contributed by atoms with Crippen molar-refractivity contribution in [2.75, 3.05) is 39.9 Å². The Morgan fingerprint density at radius 1 is 1.00 bits per heavy atom. The monoisotopic (exact) mass is 349 g/mol. The number of carbonyl (C=O) groups excluding carboxylic acids is 3. The Hall–Kier alpha value is -2.77. The summed E-state index contributed by atoms with van der Waals surface area (Å²) in [4.78, 5) is 37.6. The number of piperazine rings is 1. The first-order valence-electron chi connectivity index (χ1n) is 8.02. The van der Waals surface area contributed by atoms with Gasteiger partial charge < -0.3 is 29.2 Å². The van der Waals surface area contributed by atoms with Crippen LogP contribution in [0.3, 0.4) is 0 Å². The summed E-state index contributed by atoms with van der Waals surface area (Å²) in [6.45, 7) is 1.48. The van der Waals surface area contributed by atoms with Crippen LogP contribution >= 0.6 is 0 Å². The van der Waals surface area contributed by atoms with Crippen LogP contribution in [0.4, 0.5) is 0 Å². The van der Waals surface area contributed by atoms with Crippen molar-refractivity contribution < 1.29 is 29.0 Å². The van der Waals surface area contributed by atoms with E-state index in [1.807, 2.05) is 0 Å². The van der Waals surface area contributed by atoms with Crippen LogP contribution < -0.4 is 14.6 Å². The Labute approximate surface area is 145 Å². The van der Waals surface area contributed by atoms with Crippen LogP contribution in [0.1, 0.15) is 12.8 Å². The van der Waals surface area contributed by atoms with E-state index in [2.05, 4.69) is 0 Å². The number of amides is 2. The maximum absolute atomic E-state index is 12.2. The lowest BCUT2D eigenvalue weighted by molar-refractivity contribution is -0.305. The highest BCUT2D eigenvalue weighted by atomic mass is 16.5. The van der Waals surface area contributed by atoms with E-state index in [1.165, 1.54) is 0 Å². The van der Waals surface area contributed by atoms with E-state index >= 15 is 0 Å². The second-order valence-electron chi connectivity index (χ2n) is 5.60. The molecule has 0 radical (unpaired) electrons. The van der Waals surface area contributed by atoms with E-state index in [0.717, 1.165) is 0 Å². The zero-order valence-corrected chi connectivity index (χ0v) is 14.1. The van der Waals surface area contributed by atoms with Crippen molar-refractivity contribution in [1.82, 2.24) is 9.80 Å². The molecule has 8 nitrogen and oxygen atoms in total. The first-order valence-corrected chi connectivity index (χ1v) is 8.02. The van der Waals surface area contributed by atoms with Crippen LogP contribution in [0.5, 0.6) is 11.5 Å². The summed E-state index contributed by atoms with van der Waals surface area (Å²) in [5.41, 5.74) is 0. The largest absolute Gasteiger partial charge is 0.550 e. The number of ether oxygens (including phenoxy) is 2. The quantitative estimate of drug-likeness (QED) is 0.644. The van der Waals surface area contributed by atoms with Gasteiger partial charge in [-0.05, 0) is 18.6 Å². The molecule has 0 unspecified atom stereocenters. The fourth-order valence-corrected chi connectivity index (χ4v) is 2.50. The maximum Gasteiger partial charge on any atom is 0.260 e. The van der Waals surface area contributed by atoms with Crippen molar-refractivity contribution in [3.63, 3.8) is 0 Å². The number of hydrogen-bond donors (Lipinski definition) is 0. The summed E-state index contributed by atoms with van der Waals surface area (Å²) in [6.07, 6.45) is -0.360. The number of benzene rings is 1. The van der Waals surface area contributed by atoms with Gasteiger partial charge in [-0.15, -0.1) is 0 Å². The Bertz CT molecular complexity index is 625. The van der Waals surface area contributed by atoms with Gasteiger partial charge in [0.2, 0.25) is 5.91 Å². The van der Waals surface area contributed by atoms with Crippen molar-refractivity contribution in [1.29, 1.82) is 0 Å². The second kappa shape index (κ2) is 8.91. The van der Waals surface area contributed by atoms with Gasteiger partial charge in [0.15, 0.2) is 6.61 Å². The first-order chi connectivity index (χ1) is 12.0. The van der Waals surface area contributed by atoms with Gasteiger partial charge in [-0.25, -0.2) is 0 Å². The molecule has 0 atom stereocenters. The second-order valence-corrected chi connectivity index (χ2v) is 5.60. The number of methoxy groups -OCH3 is 1. The molecule has 1 heterocycles. The molecule has 8 heteroatoms. The summed E-state index contributed by atoms with van der Waals surface area (Å²) < 4.78 is 10.6. The molecule has 1 aromatic carbocycles. The van der Waals surface area contributed by atoms with Crippen LogP contribution in [0.25, 0.3) is 0 Å². The predicted octanol–water partition coefficient (Wildman–Crippen LogP) is -0.725. The van der Waals surface area contributed by atoms with Gasteiger partial charge in [0, 0.05) is 44.6 Å². The SMILES string of the molecule is COc1cccc(OCC(=O)N2CCN(C(=O)CCC(=O)[O-])CC2)c1. The van der Waals surface area contributed by atoms with Gasteiger partial charge >= 0.3 is 0 Å². The number of carboxylic acid groups (broad SMARTS) is 1. The number of nitrogens with zero attached hydrogens (tertiary/aromatic N) is 2. The lowest BCUT2D eigenvalue weighted by Gasteiger charge is -2.34. The molecule has 0 bridgehead atoms. The fraction of sp³-hybridized carbons (Fsp3) is 0.471. The van der Waals surface area contributed by atoms with Crippen molar-refractivity contribution in [2.24, 2.45) is 0 Å². The molecule has 2 amide bonds. The summed E-state index contributed by atoms with van der Waals surface area (Å²) in [6, 6.07) is 6.99. The number of hydrogen-bond acceptors (Lipinski definition) is 6. The lowest BCUT2D eigenvalue weighted by Crippen LogP contribution is -2.51. The fourth-order valence-electron chi connectivity index (χ4n) is 2.50. The Kier molecular flexibility index (Phi) is 6.62. The van der Waals surface area contributed by atoms with Crippen molar-refractivity contribution >= 4 is 17.8 Å². The van der Waals surface area contributed by atoms with E-state index < -0.39 is 5.97 Å². The highest BCUT2D eigenvalue weighted by Gasteiger charge is 2.24. The molecular weight excluding hydrogens is 328 g/mol. The normalized spacial score (nSPS) is 14.1.